The molecule has 0 spiro atoms. The lowest BCUT2D eigenvalue weighted by molar-refractivity contribution is 0.572. The van der Waals surface area contributed by atoms with E-state index in [0.29, 0.717) is 11.4 Å². The molecule has 1 aliphatic rings. The lowest BCUT2D eigenvalue weighted by atomic mass is 9.97. The van der Waals surface area contributed by atoms with Gasteiger partial charge in [0.25, 0.3) is 5.56 Å². The lowest BCUT2D eigenvalue weighted by Crippen LogP contribution is -2.23. The molecule has 1 N–H and O–H groups in total. The number of aryl methyl sites for hydroxylation is 1. The third-order valence-corrected chi connectivity index (χ3v) is 3.61. The van der Waals surface area contributed by atoms with E-state index in [2.05, 4.69) is 9.97 Å². The fourth-order valence-electron chi connectivity index (χ4n) is 2.58. The molecule has 1 aliphatic carbocycles. The Bertz CT molecular complexity index is 710. The molecule has 0 atom stereocenters. The number of benzene rings is 1. The van der Waals surface area contributed by atoms with Gasteiger partial charge >= 0.3 is 0 Å². The number of aromatic nitrogens is 2. The Morgan fingerprint density at radius 3 is 2.80 bits per heavy atom. The predicted molar refractivity (Wildman–Crippen MR) is 70.7 cm³/mol. The summed E-state index contributed by atoms with van der Waals surface area (Å²) in [7, 11) is 0. The van der Waals surface area contributed by atoms with Crippen molar-refractivity contribution >= 4 is 0 Å². The number of hydrogen-bond donors (Lipinski definition) is 1. The Labute approximate surface area is 114 Å². The van der Waals surface area contributed by atoms with E-state index in [4.69, 9.17) is 0 Å². The molecular weight excluding hydrogens is 262 g/mol. The Hall–Kier alpha value is -2.04. The van der Waals surface area contributed by atoms with Crippen molar-refractivity contribution in [2.75, 3.05) is 0 Å². The third kappa shape index (κ3) is 2.48. The van der Waals surface area contributed by atoms with Crippen LogP contribution in [0.25, 0.3) is 0 Å². The quantitative estimate of drug-likeness (QED) is 0.916. The van der Waals surface area contributed by atoms with Gasteiger partial charge in [-0.15, -0.1) is 0 Å². The average Bonchev–Trinajstić information content (AvgIpc) is 2.42. The van der Waals surface area contributed by atoms with E-state index in [1.807, 2.05) is 0 Å². The van der Waals surface area contributed by atoms with Crippen LogP contribution >= 0.6 is 0 Å². The van der Waals surface area contributed by atoms with Gasteiger partial charge in [0.1, 0.15) is 17.5 Å². The highest BCUT2D eigenvalue weighted by molar-refractivity contribution is 5.25. The first-order chi connectivity index (χ1) is 9.63. The van der Waals surface area contributed by atoms with Crippen LogP contribution in [0, 0.1) is 11.6 Å². The zero-order chi connectivity index (χ0) is 14.1. The summed E-state index contributed by atoms with van der Waals surface area (Å²) in [5.41, 5.74) is 1.76. The van der Waals surface area contributed by atoms with Gasteiger partial charge < -0.3 is 4.98 Å². The largest absolute Gasteiger partial charge is 0.310 e. The molecule has 1 aromatic carbocycles. The molecule has 5 heteroatoms. The molecular formula is C15H14F2N2O. The zero-order valence-electron chi connectivity index (χ0n) is 10.9. The maximum atomic E-state index is 13.6. The number of fused-ring (bicyclic) bond motifs is 1. The summed E-state index contributed by atoms with van der Waals surface area (Å²) in [6, 6.07) is 3.42. The van der Waals surface area contributed by atoms with Crippen LogP contribution in [-0.2, 0) is 19.3 Å². The molecule has 20 heavy (non-hydrogen) atoms. The average molecular weight is 276 g/mol. The zero-order valence-corrected chi connectivity index (χ0v) is 10.9. The van der Waals surface area contributed by atoms with Crippen LogP contribution in [0.2, 0.25) is 0 Å². The highest BCUT2D eigenvalue weighted by Crippen LogP contribution is 2.17. The molecule has 0 saturated carbocycles. The van der Waals surface area contributed by atoms with Gasteiger partial charge in [0.2, 0.25) is 0 Å². The van der Waals surface area contributed by atoms with Crippen LogP contribution in [0.5, 0.6) is 0 Å². The van der Waals surface area contributed by atoms with Crippen molar-refractivity contribution in [1.29, 1.82) is 0 Å². The maximum Gasteiger partial charge on any atom is 0.254 e. The third-order valence-electron chi connectivity index (χ3n) is 3.61. The number of H-pyrrole nitrogens is 1. The first kappa shape index (κ1) is 13.0. The second-order valence-electron chi connectivity index (χ2n) is 5.06. The molecule has 0 radical (unpaired) electrons. The number of nitrogens with one attached hydrogen (secondary N) is 1. The van der Waals surface area contributed by atoms with Crippen molar-refractivity contribution < 1.29 is 8.78 Å². The molecule has 1 heterocycles. The topological polar surface area (TPSA) is 45.8 Å². The summed E-state index contributed by atoms with van der Waals surface area (Å²) >= 11 is 0. The minimum Gasteiger partial charge on any atom is -0.310 e. The van der Waals surface area contributed by atoms with E-state index in [1.165, 1.54) is 12.1 Å². The van der Waals surface area contributed by atoms with Gasteiger partial charge in [0.15, 0.2) is 0 Å². The highest BCUT2D eigenvalue weighted by Gasteiger charge is 2.16. The molecule has 1 aromatic heterocycles. The fourth-order valence-corrected chi connectivity index (χ4v) is 2.58. The van der Waals surface area contributed by atoms with Gasteiger partial charge in [-0.05, 0) is 37.3 Å². The standard InChI is InChI=1S/C15H14F2N2O/c16-10-6-5-9(12(17)8-10)7-14-18-13-4-2-1-3-11(13)15(20)19-14/h5-6,8H,1-4,7H2,(H,18,19,20). The fraction of sp³-hybridized carbons (Fsp3) is 0.333. The molecule has 0 amide bonds. The highest BCUT2D eigenvalue weighted by atomic mass is 19.1. The minimum absolute atomic E-state index is 0.132. The van der Waals surface area contributed by atoms with Gasteiger partial charge in [0.05, 0.1) is 5.69 Å². The van der Waals surface area contributed by atoms with E-state index in [0.717, 1.165) is 43.0 Å². The Balaban J connectivity index is 1.95. The number of rotatable bonds is 2. The first-order valence-corrected chi connectivity index (χ1v) is 6.68. The van der Waals surface area contributed by atoms with Crippen molar-refractivity contribution in [3.8, 4) is 0 Å². The van der Waals surface area contributed by atoms with Crippen LogP contribution in [-0.4, -0.2) is 9.97 Å². The lowest BCUT2D eigenvalue weighted by Gasteiger charge is -2.14. The Morgan fingerprint density at radius 1 is 1.20 bits per heavy atom. The SMILES string of the molecule is O=c1[nH]c(Cc2ccc(F)cc2F)nc2c1CCCC2. The molecule has 0 bridgehead atoms. The molecule has 0 saturated heterocycles. The number of hydrogen-bond acceptors (Lipinski definition) is 2. The molecule has 104 valence electrons. The van der Waals surface area contributed by atoms with E-state index in [9.17, 15) is 13.6 Å². The van der Waals surface area contributed by atoms with E-state index in [1.54, 1.807) is 0 Å². The van der Waals surface area contributed by atoms with Crippen LogP contribution < -0.4 is 5.56 Å². The van der Waals surface area contributed by atoms with Crippen LogP contribution in [0.3, 0.4) is 0 Å². The predicted octanol–water partition coefficient (Wildman–Crippen LogP) is 2.52. The van der Waals surface area contributed by atoms with Crippen molar-refractivity contribution in [3.05, 3.63) is 62.8 Å². The smallest absolute Gasteiger partial charge is 0.254 e. The van der Waals surface area contributed by atoms with Gasteiger partial charge in [0, 0.05) is 18.1 Å². The maximum absolute atomic E-state index is 13.6. The number of aromatic amines is 1. The van der Waals surface area contributed by atoms with Crippen molar-refractivity contribution in [1.82, 2.24) is 9.97 Å². The number of nitrogens with zero attached hydrogens (tertiary/aromatic N) is 1. The summed E-state index contributed by atoms with van der Waals surface area (Å²) in [5, 5.41) is 0. The minimum atomic E-state index is -0.620. The van der Waals surface area contributed by atoms with Gasteiger partial charge in [-0.1, -0.05) is 6.07 Å². The Morgan fingerprint density at radius 2 is 2.00 bits per heavy atom. The van der Waals surface area contributed by atoms with Gasteiger partial charge in [-0.3, -0.25) is 4.79 Å². The normalized spacial score (nSPS) is 14.1. The monoisotopic (exact) mass is 276 g/mol. The van der Waals surface area contributed by atoms with Crippen molar-refractivity contribution in [2.24, 2.45) is 0 Å². The van der Waals surface area contributed by atoms with Crippen LogP contribution in [0.1, 0.15) is 35.5 Å². The van der Waals surface area contributed by atoms with Crippen molar-refractivity contribution in [3.63, 3.8) is 0 Å². The summed E-state index contributed by atoms with van der Waals surface area (Å²) in [6.07, 6.45) is 3.73. The molecule has 0 fully saturated rings. The van der Waals surface area contributed by atoms with Crippen molar-refractivity contribution in [2.45, 2.75) is 32.1 Å². The summed E-state index contributed by atoms with van der Waals surface area (Å²) in [6.45, 7) is 0. The van der Waals surface area contributed by atoms with E-state index in [-0.39, 0.29) is 12.0 Å². The van der Waals surface area contributed by atoms with Crippen LogP contribution in [0.15, 0.2) is 23.0 Å². The Kier molecular flexibility index (Phi) is 3.34. The molecule has 3 rings (SSSR count). The molecule has 0 aliphatic heterocycles. The molecule has 2 aromatic rings. The van der Waals surface area contributed by atoms with E-state index < -0.39 is 11.6 Å². The van der Waals surface area contributed by atoms with Crippen LogP contribution in [0.4, 0.5) is 8.78 Å². The van der Waals surface area contributed by atoms with Gasteiger partial charge in [-0.25, -0.2) is 13.8 Å². The summed E-state index contributed by atoms with van der Waals surface area (Å²) < 4.78 is 26.5. The molecule has 0 unspecified atom stereocenters. The summed E-state index contributed by atoms with van der Waals surface area (Å²) in [4.78, 5) is 19.1. The van der Waals surface area contributed by atoms with E-state index >= 15 is 0 Å². The molecule has 3 nitrogen and oxygen atoms in total. The van der Waals surface area contributed by atoms with Gasteiger partial charge in [-0.2, -0.15) is 0 Å². The second-order valence-corrected chi connectivity index (χ2v) is 5.06. The first-order valence-electron chi connectivity index (χ1n) is 6.68. The summed E-state index contributed by atoms with van der Waals surface area (Å²) in [5.74, 6) is -0.801. The second kappa shape index (κ2) is 5.15. The number of halogens is 2.